The lowest BCUT2D eigenvalue weighted by Gasteiger charge is -1.99. The van der Waals surface area contributed by atoms with E-state index in [2.05, 4.69) is 44.0 Å². The number of nitrogens with zero attached hydrogens (tertiary/aromatic N) is 2. The summed E-state index contributed by atoms with van der Waals surface area (Å²) in [4.78, 5) is 0. The molecule has 0 aliphatic rings. The molecule has 40 heavy (non-hydrogen) atoms. The summed E-state index contributed by atoms with van der Waals surface area (Å²) in [5.74, 6) is 3.26. The van der Waals surface area contributed by atoms with Crippen molar-refractivity contribution in [1.82, 2.24) is 0 Å². The Morgan fingerprint density at radius 1 is 0.375 bits per heavy atom. The Balaban J connectivity index is 0.000000162. The Bertz CT molecular complexity index is 1670. The van der Waals surface area contributed by atoms with Crippen molar-refractivity contribution in [2.45, 2.75) is 0 Å². The molecule has 0 saturated carbocycles. The van der Waals surface area contributed by atoms with Gasteiger partial charge >= 0.3 is 0 Å². The monoisotopic (exact) mass is 646 g/mol. The lowest BCUT2D eigenvalue weighted by molar-refractivity contribution is 0.597. The molecule has 6 heteroatoms. The van der Waals surface area contributed by atoms with Gasteiger partial charge in [0.25, 0.3) is 0 Å². The highest BCUT2D eigenvalue weighted by atomic mass is 79.9. The van der Waals surface area contributed by atoms with Gasteiger partial charge in [0, 0.05) is 31.2 Å². The van der Waals surface area contributed by atoms with E-state index in [-0.39, 0.29) is 0 Å². The fraction of sp³-hybridized carbons (Fsp3) is 0. The van der Waals surface area contributed by atoms with Crippen LogP contribution in [-0.4, -0.2) is 0 Å². The smallest absolute Gasteiger partial charge is 0.134 e. The molecule has 6 rings (SSSR count). The molecule has 0 atom stereocenters. The van der Waals surface area contributed by atoms with Gasteiger partial charge in [0.1, 0.15) is 23.0 Å². The van der Waals surface area contributed by atoms with E-state index in [0.717, 1.165) is 54.2 Å². The fourth-order valence-corrected chi connectivity index (χ4v) is 4.47. The van der Waals surface area contributed by atoms with Crippen LogP contribution in [0.1, 0.15) is 11.1 Å². The van der Waals surface area contributed by atoms with Gasteiger partial charge in [-0.25, -0.2) is 0 Å². The minimum atomic E-state index is 0.623. The van der Waals surface area contributed by atoms with Crippen molar-refractivity contribution in [3.05, 3.63) is 141 Å². The normalized spacial score (nSPS) is 10.2. The Labute approximate surface area is 249 Å². The van der Waals surface area contributed by atoms with E-state index < -0.39 is 0 Å². The highest BCUT2D eigenvalue weighted by molar-refractivity contribution is 9.10. The van der Waals surface area contributed by atoms with E-state index in [9.17, 15) is 0 Å². The summed E-state index contributed by atoms with van der Waals surface area (Å²) >= 11 is 6.86. The molecule has 2 heterocycles. The van der Waals surface area contributed by atoms with Crippen LogP contribution in [0.2, 0.25) is 0 Å². The van der Waals surface area contributed by atoms with Crippen LogP contribution in [0.5, 0.6) is 0 Å². The summed E-state index contributed by atoms with van der Waals surface area (Å²) in [6.45, 7) is 0. The topological polar surface area (TPSA) is 73.9 Å². The molecule has 0 aliphatic carbocycles. The maximum absolute atomic E-state index is 8.80. The largest absolute Gasteiger partial charge is 0.456 e. The predicted octanol–water partition coefficient (Wildman–Crippen LogP) is 10.5. The second-order valence-electron chi connectivity index (χ2n) is 8.72. The fourth-order valence-electron chi connectivity index (χ4n) is 3.94. The second-order valence-corrected chi connectivity index (χ2v) is 10.6. The van der Waals surface area contributed by atoms with Crippen LogP contribution in [0.15, 0.2) is 139 Å². The number of hydrogen-bond acceptors (Lipinski definition) is 4. The van der Waals surface area contributed by atoms with E-state index in [4.69, 9.17) is 19.4 Å². The van der Waals surface area contributed by atoms with Crippen molar-refractivity contribution in [3.8, 4) is 57.4 Å². The third kappa shape index (κ3) is 6.50. The van der Waals surface area contributed by atoms with Crippen molar-refractivity contribution >= 4 is 31.9 Å². The molecule has 0 aliphatic heterocycles. The lowest BCUT2D eigenvalue weighted by atomic mass is 10.1. The van der Waals surface area contributed by atoms with Gasteiger partial charge in [0.15, 0.2) is 0 Å². The Morgan fingerprint density at radius 3 is 0.875 bits per heavy atom. The summed E-state index contributed by atoms with van der Waals surface area (Å²) < 4.78 is 13.9. The molecule has 0 unspecified atom stereocenters. The number of halogens is 2. The molecular formula is C34H20Br2N2O2. The molecule has 4 nitrogen and oxygen atoms in total. The van der Waals surface area contributed by atoms with Crippen molar-refractivity contribution < 1.29 is 8.83 Å². The summed E-state index contributed by atoms with van der Waals surface area (Å²) in [6, 6.07) is 42.7. The maximum Gasteiger partial charge on any atom is 0.134 e. The van der Waals surface area contributed by atoms with Crippen molar-refractivity contribution in [3.63, 3.8) is 0 Å². The highest BCUT2D eigenvalue weighted by Gasteiger charge is 2.08. The SMILES string of the molecule is Brc1ccc(-c2ccc(-c3ccc(Br)cc3)o2)cc1.N#Cc1ccc(-c2ccc(-c3ccc(C#N)cc3)o2)cc1. The summed E-state index contributed by atoms with van der Waals surface area (Å²) in [5.41, 5.74) is 5.25. The summed E-state index contributed by atoms with van der Waals surface area (Å²) in [6.07, 6.45) is 0. The maximum atomic E-state index is 8.80. The first-order valence-corrected chi connectivity index (χ1v) is 13.8. The van der Waals surface area contributed by atoms with Crippen molar-refractivity contribution in [2.75, 3.05) is 0 Å². The highest BCUT2D eigenvalue weighted by Crippen LogP contribution is 2.30. The van der Waals surface area contributed by atoms with Crippen LogP contribution in [-0.2, 0) is 0 Å². The predicted molar refractivity (Wildman–Crippen MR) is 164 cm³/mol. The number of rotatable bonds is 4. The van der Waals surface area contributed by atoms with E-state index in [1.54, 1.807) is 24.3 Å². The zero-order chi connectivity index (χ0) is 27.9. The van der Waals surface area contributed by atoms with E-state index in [1.807, 2.05) is 97.1 Å². The Morgan fingerprint density at radius 2 is 0.625 bits per heavy atom. The minimum absolute atomic E-state index is 0.623. The molecular weight excluding hydrogens is 628 g/mol. The standard InChI is InChI=1S/C18H10N2O.C16H10Br2O/c19-11-13-1-5-15(6-2-13)17-9-10-18(21-17)16-7-3-14(12-20)4-8-16;17-13-5-1-11(2-6-13)15-9-10-16(19-15)12-3-7-14(18)8-4-12/h1-10H;1-10H. The van der Waals surface area contributed by atoms with Gasteiger partial charge in [0.2, 0.25) is 0 Å². The van der Waals surface area contributed by atoms with Crippen LogP contribution in [0.3, 0.4) is 0 Å². The molecule has 6 aromatic rings. The number of benzene rings is 4. The van der Waals surface area contributed by atoms with Crippen LogP contribution >= 0.6 is 31.9 Å². The molecule has 0 fully saturated rings. The quantitative estimate of drug-likeness (QED) is 0.191. The zero-order valence-corrected chi connectivity index (χ0v) is 24.2. The average molecular weight is 648 g/mol. The molecule has 192 valence electrons. The second kappa shape index (κ2) is 12.5. The first-order valence-electron chi connectivity index (χ1n) is 12.2. The van der Waals surface area contributed by atoms with Gasteiger partial charge in [-0.1, -0.05) is 56.1 Å². The van der Waals surface area contributed by atoms with Gasteiger partial charge in [0.05, 0.1) is 23.3 Å². The average Bonchev–Trinajstić information content (AvgIpc) is 3.70. The molecule has 4 aromatic carbocycles. The van der Waals surface area contributed by atoms with E-state index in [0.29, 0.717) is 11.1 Å². The van der Waals surface area contributed by atoms with Crippen LogP contribution in [0.25, 0.3) is 45.3 Å². The third-order valence-corrected chi connectivity index (χ3v) is 7.12. The first kappa shape index (κ1) is 27.0. The van der Waals surface area contributed by atoms with Crippen molar-refractivity contribution in [1.29, 1.82) is 10.5 Å². The first-order chi connectivity index (χ1) is 19.5. The van der Waals surface area contributed by atoms with Gasteiger partial charge in [-0.05, 0) is 97.1 Å². The van der Waals surface area contributed by atoms with Gasteiger partial charge in [-0.3, -0.25) is 0 Å². The van der Waals surface area contributed by atoms with E-state index in [1.165, 1.54) is 0 Å². The minimum Gasteiger partial charge on any atom is -0.456 e. The number of hydrogen-bond donors (Lipinski definition) is 0. The van der Waals surface area contributed by atoms with Gasteiger partial charge in [-0.15, -0.1) is 0 Å². The van der Waals surface area contributed by atoms with Crippen LogP contribution < -0.4 is 0 Å². The van der Waals surface area contributed by atoms with Gasteiger partial charge < -0.3 is 8.83 Å². The lowest BCUT2D eigenvalue weighted by Crippen LogP contribution is -1.77. The van der Waals surface area contributed by atoms with Crippen LogP contribution in [0.4, 0.5) is 0 Å². The molecule has 0 saturated heterocycles. The van der Waals surface area contributed by atoms with Crippen molar-refractivity contribution in [2.24, 2.45) is 0 Å². The third-order valence-electron chi connectivity index (χ3n) is 6.07. The molecule has 0 radical (unpaired) electrons. The molecule has 2 aromatic heterocycles. The Hall–Kier alpha value is -4.62. The number of furan rings is 2. The molecule has 0 bridgehead atoms. The molecule has 0 amide bonds. The van der Waals surface area contributed by atoms with E-state index >= 15 is 0 Å². The summed E-state index contributed by atoms with van der Waals surface area (Å²) in [5, 5.41) is 17.6. The number of nitriles is 2. The molecule has 0 spiro atoms. The Kier molecular flexibility index (Phi) is 8.42. The van der Waals surface area contributed by atoms with Crippen LogP contribution in [0, 0.1) is 22.7 Å². The summed E-state index contributed by atoms with van der Waals surface area (Å²) in [7, 11) is 0. The molecule has 0 N–H and O–H groups in total. The van der Waals surface area contributed by atoms with Gasteiger partial charge in [-0.2, -0.15) is 10.5 Å². The zero-order valence-electron chi connectivity index (χ0n) is 21.0.